The van der Waals surface area contributed by atoms with Crippen molar-refractivity contribution in [2.75, 3.05) is 32.2 Å². The number of ether oxygens (including phenoxy) is 3. The molecule has 11 heteroatoms. The normalized spacial score (nSPS) is 10.8. The molecule has 3 aromatic rings. The lowest BCUT2D eigenvalue weighted by molar-refractivity contribution is -0.129. The molecule has 170 valence electrons. The van der Waals surface area contributed by atoms with Gasteiger partial charge in [0.1, 0.15) is 24.6 Å². The van der Waals surface area contributed by atoms with Crippen molar-refractivity contribution in [1.29, 1.82) is 0 Å². The summed E-state index contributed by atoms with van der Waals surface area (Å²) in [5, 5.41) is 12.3. The zero-order valence-corrected chi connectivity index (χ0v) is 18.0. The maximum Gasteiger partial charge on any atom is 0.243 e. The van der Waals surface area contributed by atoms with Crippen molar-refractivity contribution >= 4 is 39.9 Å². The monoisotopic (exact) mass is 464 g/mol. The number of hydrogen-bond donors (Lipinski definition) is 3. The average molecular weight is 465 g/mol. The summed E-state index contributed by atoms with van der Waals surface area (Å²) in [4.78, 5) is 19.8. The van der Waals surface area contributed by atoms with Gasteiger partial charge in [-0.3, -0.25) is 10.0 Å². The molecule has 0 atom stereocenters. The fourth-order valence-corrected chi connectivity index (χ4v) is 2.99. The van der Waals surface area contributed by atoms with Gasteiger partial charge in [-0.25, -0.2) is 19.8 Å². The first-order valence-corrected chi connectivity index (χ1v) is 10.1. The summed E-state index contributed by atoms with van der Waals surface area (Å²) in [5.74, 6) is 0.323. The lowest BCUT2D eigenvalue weighted by Crippen LogP contribution is -2.18. The van der Waals surface area contributed by atoms with E-state index in [2.05, 4.69) is 15.3 Å². The highest BCUT2D eigenvalue weighted by atomic mass is 35.5. The number of benzene rings is 2. The fraction of sp³-hybridized carbons (Fsp3) is 0.286. The Bertz CT molecular complexity index is 1090. The molecule has 3 N–H and O–H groups in total. The molecule has 3 rings (SSSR count). The van der Waals surface area contributed by atoms with E-state index >= 15 is 0 Å². The Balaban J connectivity index is 1.88. The predicted molar refractivity (Wildman–Crippen MR) is 116 cm³/mol. The number of hydroxylamine groups is 1. The van der Waals surface area contributed by atoms with Gasteiger partial charge >= 0.3 is 0 Å². The molecule has 0 aliphatic carbocycles. The molecule has 1 amide bonds. The van der Waals surface area contributed by atoms with E-state index in [1.54, 1.807) is 30.8 Å². The Morgan fingerprint density at radius 1 is 1.12 bits per heavy atom. The van der Waals surface area contributed by atoms with E-state index in [0.29, 0.717) is 53.5 Å². The number of rotatable bonds is 11. The first-order chi connectivity index (χ1) is 15.5. The van der Waals surface area contributed by atoms with Gasteiger partial charge in [-0.2, -0.15) is 0 Å². The van der Waals surface area contributed by atoms with Crippen LogP contribution in [0.3, 0.4) is 0 Å². The highest BCUT2D eigenvalue weighted by Gasteiger charge is 2.13. The van der Waals surface area contributed by atoms with Crippen LogP contribution in [0, 0.1) is 5.82 Å². The number of carbonyl (C=O) groups excluding carboxylic acids is 1. The molecule has 0 aliphatic rings. The minimum Gasteiger partial charge on any atom is -0.490 e. The smallest absolute Gasteiger partial charge is 0.243 e. The minimum atomic E-state index is -0.520. The highest BCUT2D eigenvalue weighted by molar-refractivity contribution is 6.31. The molecule has 2 aromatic carbocycles. The van der Waals surface area contributed by atoms with Gasteiger partial charge in [0, 0.05) is 30.7 Å². The molecule has 0 saturated carbocycles. The van der Waals surface area contributed by atoms with Gasteiger partial charge in [0.05, 0.1) is 23.8 Å². The van der Waals surface area contributed by atoms with Gasteiger partial charge in [0.15, 0.2) is 11.5 Å². The number of hydrogen-bond acceptors (Lipinski definition) is 8. The second-order valence-corrected chi connectivity index (χ2v) is 7.03. The molecule has 0 spiro atoms. The van der Waals surface area contributed by atoms with Crippen molar-refractivity contribution in [3.05, 3.63) is 47.5 Å². The summed E-state index contributed by atoms with van der Waals surface area (Å²) in [6.07, 6.45) is 1.88. The molecule has 0 unspecified atom stereocenters. The molecule has 0 bridgehead atoms. The Morgan fingerprint density at radius 2 is 1.91 bits per heavy atom. The van der Waals surface area contributed by atoms with E-state index in [-0.39, 0.29) is 18.1 Å². The standard InChI is InChI=1S/C21H22ClFN4O5/c1-30-7-8-32-19-11-17-14(10-18(19)31-6-2-3-20(28)27-29)21(25-12-24-17)26-13-4-5-16(23)15(22)9-13/h4-5,9-12,29H,2-3,6-8H2,1H3,(H,27,28)(H,24,25,26). The lowest BCUT2D eigenvalue weighted by Gasteiger charge is -2.15. The average Bonchev–Trinajstić information content (AvgIpc) is 2.79. The van der Waals surface area contributed by atoms with Crippen molar-refractivity contribution in [2.45, 2.75) is 12.8 Å². The highest BCUT2D eigenvalue weighted by Crippen LogP contribution is 2.35. The molecule has 9 nitrogen and oxygen atoms in total. The molecule has 1 heterocycles. The Hall–Kier alpha value is -3.21. The molecule has 0 aliphatic heterocycles. The molecule has 32 heavy (non-hydrogen) atoms. The maximum atomic E-state index is 13.5. The van der Waals surface area contributed by atoms with Gasteiger partial charge in [-0.15, -0.1) is 0 Å². The molecular weight excluding hydrogens is 443 g/mol. The third-order valence-corrected chi connectivity index (χ3v) is 4.65. The van der Waals surface area contributed by atoms with Crippen LogP contribution in [0.25, 0.3) is 10.9 Å². The molecule has 1 aromatic heterocycles. The summed E-state index contributed by atoms with van der Waals surface area (Å²) < 4.78 is 30.1. The van der Waals surface area contributed by atoms with Crippen molar-refractivity contribution < 1.29 is 28.6 Å². The Labute approximate surface area is 188 Å². The number of amides is 1. The molecular formula is C21H22ClFN4O5. The summed E-state index contributed by atoms with van der Waals surface area (Å²) >= 11 is 5.87. The van der Waals surface area contributed by atoms with Crippen LogP contribution in [0.5, 0.6) is 11.5 Å². The van der Waals surface area contributed by atoms with Gasteiger partial charge < -0.3 is 19.5 Å². The van der Waals surface area contributed by atoms with Gasteiger partial charge in [-0.1, -0.05) is 11.6 Å². The topological polar surface area (TPSA) is 115 Å². The van der Waals surface area contributed by atoms with Crippen molar-refractivity contribution in [3.63, 3.8) is 0 Å². The summed E-state index contributed by atoms with van der Waals surface area (Å²) in [6.45, 7) is 0.898. The summed E-state index contributed by atoms with van der Waals surface area (Å²) in [6, 6.07) is 7.69. The van der Waals surface area contributed by atoms with Crippen LogP contribution in [0.15, 0.2) is 36.7 Å². The van der Waals surface area contributed by atoms with Crippen LogP contribution >= 0.6 is 11.6 Å². The van der Waals surface area contributed by atoms with Gasteiger partial charge in [-0.05, 0) is 30.7 Å². The predicted octanol–water partition coefficient (Wildman–Crippen LogP) is 3.86. The van der Waals surface area contributed by atoms with Crippen molar-refractivity contribution in [1.82, 2.24) is 15.4 Å². The van der Waals surface area contributed by atoms with Crippen molar-refractivity contribution in [2.24, 2.45) is 0 Å². The van der Waals surface area contributed by atoms with E-state index in [9.17, 15) is 9.18 Å². The van der Waals surface area contributed by atoms with Gasteiger partial charge in [0.25, 0.3) is 0 Å². The first kappa shape index (κ1) is 23.5. The quantitative estimate of drug-likeness (QED) is 0.223. The molecule has 0 fully saturated rings. The lowest BCUT2D eigenvalue weighted by atomic mass is 10.2. The SMILES string of the molecule is COCCOc1cc2ncnc(Nc3ccc(F)c(Cl)c3)c2cc1OCCCC(=O)NO. The third kappa shape index (κ3) is 6.16. The van der Waals surface area contributed by atoms with E-state index in [1.165, 1.54) is 18.5 Å². The zero-order chi connectivity index (χ0) is 22.9. The van der Waals surface area contributed by atoms with Gasteiger partial charge in [0.2, 0.25) is 5.91 Å². The number of nitrogens with zero attached hydrogens (tertiary/aromatic N) is 2. The fourth-order valence-electron chi connectivity index (χ4n) is 2.81. The number of nitrogens with one attached hydrogen (secondary N) is 2. The summed E-state index contributed by atoms with van der Waals surface area (Å²) in [7, 11) is 1.57. The Morgan fingerprint density at radius 3 is 2.66 bits per heavy atom. The Kier molecular flexibility index (Phi) is 8.37. The number of carbonyl (C=O) groups is 1. The minimum absolute atomic E-state index is 0.0156. The van der Waals surface area contributed by atoms with Crippen LogP contribution in [0.4, 0.5) is 15.9 Å². The largest absolute Gasteiger partial charge is 0.490 e. The van der Waals surface area contributed by atoms with Crippen LogP contribution in [-0.2, 0) is 9.53 Å². The van der Waals surface area contributed by atoms with Crippen LogP contribution in [0.2, 0.25) is 5.02 Å². The third-order valence-electron chi connectivity index (χ3n) is 4.36. The second-order valence-electron chi connectivity index (χ2n) is 6.62. The van der Waals surface area contributed by atoms with Crippen LogP contribution in [-0.4, -0.2) is 48.0 Å². The number of aromatic nitrogens is 2. The molecule has 0 saturated heterocycles. The van der Waals surface area contributed by atoms with Crippen molar-refractivity contribution in [3.8, 4) is 11.5 Å². The first-order valence-electron chi connectivity index (χ1n) is 9.70. The maximum absolute atomic E-state index is 13.5. The van der Waals surface area contributed by atoms with Crippen LogP contribution in [0.1, 0.15) is 12.8 Å². The van der Waals surface area contributed by atoms with E-state index in [4.69, 9.17) is 31.0 Å². The number of methoxy groups -OCH3 is 1. The zero-order valence-electron chi connectivity index (χ0n) is 17.2. The summed E-state index contributed by atoms with van der Waals surface area (Å²) in [5.41, 5.74) is 2.72. The number of fused-ring (bicyclic) bond motifs is 1. The van der Waals surface area contributed by atoms with Crippen LogP contribution < -0.4 is 20.3 Å². The van der Waals surface area contributed by atoms with E-state index in [0.717, 1.165) is 0 Å². The van der Waals surface area contributed by atoms with E-state index < -0.39 is 11.7 Å². The van der Waals surface area contributed by atoms with E-state index in [1.807, 2.05) is 0 Å². The molecule has 0 radical (unpaired) electrons. The second kappa shape index (κ2) is 11.4. The number of anilines is 2. The number of halogens is 2.